The first-order valence-corrected chi connectivity index (χ1v) is 15.6. The summed E-state index contributed by atoms with van der Waals surface area (Å²) in [6.07, 6.45) is 3.67. The third-order valence-corrected chi connectivity index (χ3v) is 9.07. The highest BCUT2D eigenvalue weighted by Crippen LogP contribution is 2.41. The van der Waals surface area contributed by atoms with Gasteiger partial charge in [-0.15, -0.1) is 0 Å². The van der Waals surface area contributed by atoms with Crippen LogP contribution < -0.4 is 29.1 Å². The average molecular weight is 601 g/mol. The van der Waals surface area contributed by atoms with E-state index in [-0.39, 0.29) is 11.6 Å². The molecule has 44 heavy (non-hydrogen) atoms. The lowest BCUT2D eigenvalue weighted by Gasteiger charge is -2.31. The number of rotatable bonds is 8. The van der Waals surface area contributed by atoms with Gasteiger partial charge in [-0.2, -0.15) is 0 Å². The number of ether oxygens (including phenoxy) is 3. The fourth-order valence-electron chi connectivity index (χ4n) is 6.02. The molecule has 0 saturated carbocycles. The van der Waals surface area contributed by atoms with Crippen LogP contribution in [0, 0.1) is 0 Å². The number of benzene rings is 4. The highest BCUT2D eigenvalue weighted by atomic mass is 32.1. The first-order chi connectivity index (χ1) is 21.6. The van der Waals surface area contributed by atoms with Gasteiger partial charge >= 0.3 is 0 Å². The van der Waals surface area contributed by atoms with E-state index >= 15 is 0 Å². The van der Waals surface area contributed by atoms with Gasteiger partial charge in [-0.3, -0.25) is 9.36 Å². The first-order valence-electron chi connectivity index (χ1n) is 14.8. The minimum Gasteiger partial charge on any atom is -0.497 e. The van der Waals surface area contributed by atoms with Crippen LogP contribution in [0.3, 0.4) is 0 Å². The van der Waals surface area contributed by atoms with Crippen LogP contribution in [0.15, 0.2) is 112 Å². The molecule has 7 rings (SSSR count). The highest BCUT2D eigenvalue weighted by molar-refractivity contribution is 7.07. The Morgan fingerprint density at radius 2 is 1.75 bits per heavy atom. The van der Waals surface area contributed by atoms with Crippen molar-refractivity contribution >= 4 is 23.1 Å². The summed E-state index contributed by atoms with van der Waals surface area (Å²) in [6, 6.07) is 32.0. The van der Waals surface area contributed by atoms with Crippen LogP contribution >= 0.6 is 11.3 Å². The smallest absolute Gasteiger partial charge is 0.271 e. The summed E-state index contributed by atoms with van der Waals surface area (Å²) < 4.78 is 20.1. The van der Waals surface area contributed by atoms with Gasteiger partial charge in [0, 0.05) is 5.56 Å². The molecule has 0 fully saturated rings. The van der Waals surface area contributed by atoms with Gasteiger partial charge in [0.25, 0.3) is 5.56 Å². The topological polar surface area (TPSA) is 62.0 Å². The molecule has 1 atom stereocenters. The molecule has 0 bridgehead atoms. The van der Waals surface area contributed by atoms with E-state index < -0.39 is 0 Å². The van der Waals surface area contributed by atoms with E-state index in [0.29, 0.717) is 34.0 Å². The minimum atomic E-state index is -0.264. The van der Waals surface area contributed by atoms with Crippen molar-refractivity contribution in [3.8, 4) is 17.2 Å². The van der Waals surface area contributed by atoms with Crippen molar-refractivity contribution in [2.75, 3.05) is 13.7 Å². The van der Waals surface area contributed by atoms with Crippen molar-refractivity contribution in [3.63, 3.8) is 0 Å². The largest absolute Gasteiger partial charge is 0.497 e. The molecule has 0 N–H and O–H groups in total. The molecule has 220 valence electrons. The molecule has 0 spiro atoms. The fraction of sp³-hybridized carbons (Fsp3) is 0.189. The van der Waals surface area contributed by atoms with Crippen LogP contribution in [0.4, 0.5) is 0 Å². The van der Waals surface area contributed by atoms with Crippen LogP contribution in [-0.2, 0) is 13.0 Å². The standard InChI is InChI=1S/C37H32N2O4S/c1-3-42-32-20-25(16-19-31(32)43-23-24-10-5-4-6-11-24)21-33-36(40)39-35(27-13-9-14-28(22-27)41-2)30-18-17-26-12-7-8-15-29(26)34(30)38-37(39)44-33/h4-16,19-22,35H,3,17-18,23H2,1-2H3. The summed E-state index contributed by atoms with van der Waals surface area (Å²) in [4.78, 5) is 20.0. The van der Waals surface area contributed by atoms with E-state index in [4.69, 9.17) is 19.2 Å². The Balaban J connectivity index is 1.33. The molecule has 1 aromatic heterocycles. The normalized spacial score (nSPS) is 15.6. The van der Waals surface area contributed by atoms with E-state index in [1.807, 2.05) is 84.3 Å². The van der Waals surface area contributed by atoms with E-state index in [1.165, 1.54) is 16.9 Å². The Hall–Kier alpha value is -4.88. The Morgan fingerprint density at radius 3 is 2.59 bits per heavy atom. The predicted octanol–water partition coefficient (Wildman–Crippen LogP) is 6.31. The Labute approximate surface area is 259 Å². The maximum absolute atomic E-state index is 14.2. The number of methoxy groups -OCH3 is 1. The Morgan fingerprint density at radius 1 is 0.909 bits per heavy atom. The number of hydrogen-bond donors (Lipinski definition) is 0. The quantitative estimate of drug-likeness (QED) is 0.210. The van der Waals surface area contributed by atoms with Crippen LogP contribution in [-0.4, -0.2) is 18.3 Å². The molecule has 0 saturated heterocycles. The molecule has 7 heteroatoms. The van der Waals surface area contributed by atoms with Crippen molar-refractivity contribution in [1.29, 1.82) is 0 Å². The van der Waals surface area contributed by atoms with Gasteiger partial charge in [0.05, 0.1) is 30.0 Å². The third kappa shape index (κ3) is 5.24. The molecule has 0 radical (unpaired) electrons. The average Bonchev–Trinajstić information content (AvgIpc) is 3.37. The van der Waals surface area contributed by atoms with Crippen LogP contribution in [0.25, 0.3) is 11.8 Å². The summed E-state index contributed by atoms with van der Waals surface area (Å²) in [5, 5.41) is 0. The first kappa shape index (κ1) is 27.9. The zero-order valence-electron chi connectivity index (χ0n) is 24.7. The van der Waals surface area contributed by atoms with Crippen LogP contribution in [0.2, 0.25) is 0 Å². The van der Waals surface area contributed by atoms with Gasteiger partial charge in [-0.1, -0.05) is 84.1 Å². The lowest BCUT2D eigenvalue weighted by molar-refractivity contribution is 0.269. The van der Waals surface area contributed by atoms with Crippen molar-refractivity contribution in [2.45, 2.75) is 32.4 Å². The predicted molar refractivity (Wildman–Crippen MR) is 174 cm³/mol. The number of aromatic nitrogens is 1. The summed E-state index contributed by atoms with van der Waals surface area (Å²) in [6.45, 7) is 2.89. The number of thiazole rings is 1. The molecule has 2 aliphatic rings. The maximum atomic E-state index is 14.2. The molecule has 1 unspecified atom stereocenters. The van der Waals surface area contributed by atoms with Crippen molar-refractivity contribution in [2.24, 2.45) is 4.99 Å². The van der Waals surface area contributed by atoms with Gasteiger partial charge in [0.15, 0.2) is 16.3 Å². The fourth-order valence-corrected chi connectivity index (χ4v) is 7.02. The van der Waals surface area contributed by atoms with Gasteiger partial charge in [-0.25, -0.2) is 4.99 Å². The van der Waals surface area contributed by atoms with Gasteiger partial charge in [0.1, 0.15) is 12.4 Å². The molecule has 4 aromatic carbocycles. The van der Waals surface area contributed by atoms with Crippen LogP contribution in [0.1, 0.15) is 47.2 Å². The number of nitrogens with zero attached hydrogens (tertiary/aromatic N) is 2. The zero-order valence-corrected chi connectivity index (χ0v) is 25.5. The summed E-state index contributed by atoms with van der Waals surface area (Å²) in [5.41, 5.74) is 7.46. The van der Waals surface area contributed by atoms with Crippen molar-refractivity contribution in [1.82, 2.24) is 4.57 Å². The summed E-state index contributed by atoms with van der Waals surface area (Å²) in [7, 11) is 1.67. The molecular weight excluding hydrogens is 568 g/mol. The number of hydrogen-bond acceptors (Lipinski definition) is 6. The SMILES string of the molecule is CCOc1cc(C=c2sc3n(c2=O)C(c2cccc(OC)c2)C2=C(N=3)c3ccccc3CC2)ccc1OCc1ccccc1. The Bertz CT molecular complexity index is 2060. The van der Waals surface area contributed by atoms with E-state index in [0.717, 1.165) is 52.1 Å². The second kappa shape index (κ2) is 12.0. The lowest BCUT2D eigenvalue weighted by atomic mass is 9.83. The molecule has 1 aliphatic carbocycles. The molecular formula is C37H32N2O4S. The maximum Gasteiger partial charge on any atom is 0.271 e. The lowest BCUT2D eigenvalue weighted by Crippen LogP contribution is -2.38. The van der Waals surface area contributed by atoms with Gasteiger partial charge in [-0.05, 0) is 77.9 Å². The van der Waals surface area contributed by atoms with Crippen molar-refractivity contribution < 1.29 is 14.2 Å². The molecule has 1 aliphatic heterocycles. The van der Waals surface area contributed by atoms with Gasteiger partial charge in [0.2, 0.25) is 0 Å². The summed E-state index contributed by atoms with van der Waals surface area (Å²) >= 11 is 1.42. The van der Waals surface area contributed by atoms with E-state index in [2.05, 4.69) is 30.3 Å². The highest BCUT2D eigenvalue weighted by Gasteiger charge is 2.32. The van der Waals surface area contributed by atoms with Crippen molar-refractivity contribution in [3.05, 3.63) is 150 Å². The second-order valence-electron chi connectivity index (χ2n) is 10.8. The van der Waals surface area contributed by atoms with Gasteiger partial charge < -0.3 is 14.2 Å². The molecule has 0 amide bonds. The number of fused-ring (bicyclic) bond motifs is 3. The molecule has 2 heterocycles. The number of aryl methyl sites for hydroxylation is 1. The van der Waals surface area contributed by atoms with E-state index in [9.17, 15) is 4.79 Å². The second-order valence-corrected chi connectivity index (χ2v) is 11.8. The van der Waals surface area contributed by atoms with Crippen LogP contribution in [0.5, 0.6) is 17.2 Å². The Kier molecular flexibility index (Phi) is 7.62. The molecule has 6 nitrogen and oxygen atoms in total. The van der Waals surface area contributed by atoms with E-state index in [1.54, 1.807) is 7.11 Å². The molecule has 5 aromatic rings. The zero-order chi connectivity index (χ0) is 30.0. The number of allylic oxidation sites excluding steroid dienone is 1. The monoisotopic (exact) mass is 600 g/mol. The minimum absolute atomic E-state index is 0.0608. The summed E-state index contributed by atoms with van der Waals surface area (Å²) in [5.74, 6) is 2.07. The third-order valence-electron chi connectivity index (χ3n) is 8.09.